The fourth-order valence-corrected chi connectivity index (χ4v) is 2.02. The second-order valence-electron chi connectivity index (χ2n) is 2.68. The van der Waals surface area contributed by atoms with Crippen molar-refractivity contribution >= 4 is 17.3 Å². The third-order valence-corrected chi connectivity index (χ3v) is 2.73. The van der Waals surface area contributed by atoms with E-state index < -0.39 is 0 Å². The van der Waals surface area contributed by atoms with Crippen LogP contribution >= 0.6 is 11.3 Å². The summed E-state index contributed by atoms with van der Waals surface area (Å²) in [7, 11) is 0. The van der Waals surface area contributed by atoms with E-state index in [-0.39, 0.29) is 5.97 Å². The van der Waals surface area contributed by atoms with Crippen molar-refractivity contribution in [2.75, 3.05) is 19.8 Å². The van der Waals surface area contributed by atoms with Crippen LogP contribution in [0.2, 0.25) is 0 Å². The average molecular weight is 214 g/mol. The first-order chi connectivity index (χ1) is 6.81. The van der Waals surface area contributed by atoms with Gasteiger partial charge < -0.3 is 14.2 Å². The summed E-state index contributed by atoms with van der Waals surface area (Å²) < 4.78 is 15.5. The maximum absolute atomic E-state index is 11.3. The first kappa shape index (κ1) is 9.33. The van der Waals surface area contributed by atoms with Crippen molar-refractivity contribution in [1.29, 1.82) is 0 Å². The molecule has 0 aliphatic carbocycles. The van der Waals surface area contributed by atoms with Crippen LogP contribution < -0.4 is 9.47 Å². The molecule has 0 spiro atoms. The zero-order valence-electron chi connectivity index (χ0n) is 7.74. The summed E-state index contributed by atoms with van der Waals surface area (Å²) in [6.07, 6.45) is 0. The van der Waals surface area contributed by atoms with Crippen molar-refractivity contribution in [1.82, 2.24) is 0 Å². The van der Waals surface area contributed by atoms with Crippen LogP contribution in [0.25, 0.3) is 0 Å². The quantitative estimate of drug-likeness (QED) is 0.703. The Bertz CT molecular complexity index is 321. The molecule has 0 aromatic carbocycles. The Morgan fingerprint density at radius 1 is 1.57 bits per heavy atom. The average Bonchev–Trinajstić information content (AvgIpc) is 2.61. The smallest absolute Gasteiger partial charge is 0.348 e. The second kappa shape index (κ2) is 3.88. The maximum Gasteiger partial charge on any atom is 0.348 e. The van der Waals surface area contributed by atoms with Crippen molar-refractivity contribution in [3.8, 4) is 10.8 Å². The molecule has 1 aliphatic rings. The molecule has 14 heavy (non-hydrogen) atoms. The Morgan fingerprint density at radius 2 is 2.36 bits per heavy atom. The van der Waals surface area contributed by atoms with Gasteiger partial charge >= 0.3 is 5.97 Å². The van der Waals surface area contributed by atoms with Crippen molar-refractivity contribution < 1.29 is 19.0 Å². The van der Waals surface area contributed by atoms with Gasteiger partial charge in [-0.3, -0.25) is 0 Å². The van der Waals surface area contributed by atoms with Crippen molar-refractivity contribution in [3.05, 3.63) is 10.9 Å². The summed E-state index contributed by atoms with van der Waals surface area (Å²) in [5.74, 6) is 0.323. The molecule has 0 radical (unpaired) electrons. The highest BCUT2D eigenvalue weighted by molar-refractivity contribution is 7.16. The molecule has 5 heteroatoms. The number of fused-ring (bicyclic) bond motifs is 1. The van der Waals surface area contributed by atoms with Gasteiger partial charge in [0.25, 0.3) is 0 Å². The van der Waals surface area contributed by atoms with Gasteiger partial charge in [0, 0.05) is 6.07 Å². The lowest BCUT2D eigenvalue weighted by Gasteiger charge is -2.12. The minimum Gasteiger partial charge on any atom is -0.485 e. The van der Waals surface area contributed by atoms with E-state index >= 15 is 0 Å². The largest absolute Gasteiger partial charge is 0.485 e. The lowest BCUT2D eigenvalue weighted by molar-refractivity contribution is 0.0532. The predicted octanol–water partition coefficient (Wildman–Crippen LogP) is 1.70. The van der Waals surface area contributed by atoms with E-state index in [4.69, 9.17) is 14.2 Å². The number of hydrogen-bond acceptors (Lipinski definition) is 5. The van der Waals surface area contributed by atoms with E-state index in [0.29, 0.717) is 35.5 Å². The van der Waals surface area contributed by atoms with E-state index in [1.165, 1.54) is 11.3 Å². The number of ether oxygens (including phenoxy) is 3. The summed E-state index contributed by atoms with van der Waals surface area (Å²) in [6, 6.07) is 1.66. The van der Waals surface area contributed by atoms with Crippen LogP contribution in [0.1, 0.15) is 16.6 Å². The van der Waals surface area contributed by atoms with Gasteiger partial charge in [-0.2, -0.15) is 0 Å². The Morgan fingerprint density at radius 3 is 3.07 bits per heavy atom. The number of carbonyl (C=O) groups is 1. The zero-order valence-corrected chi connectivity index (χ0v) is 8.56. The molecule has 76 valence electrons. The number of hydrogen-bond donors (Lipinski definition) is 0. The molecule has 0 fully saturated rings. The third-order valence-electron chi connectivity index (χ3n) is 1.72. The normalized spacial score (nSPS) is 13.8. The molecule has 4 nitrogen and oxygen atoms in total. The van der Waals surface area contributed by atoms with E-state index in [0.717, 1.165) is 0 Å². The molecule has 0 saturated carbocycles. The van der Waals surface area contributed by atoms with Gasteiger partial charge in [0.05, 0.1) is 6.61 Å². The lowest BCUT2D eigenvalue weighted by Crippen LogP contribution is -2.13. The van der Waals surface area contributed by atoms with Gasteiger partial charge in [0.2, 0.25) is 5.06 Å². The molecule has 2 rings (SSSR count). The molecule has 1 aromatic rings. The summed E-state index contributed by atoms with van der Waals surface area (Å²) in [6.45, 7) is 3.23. The summed E-state index contributed by atoms with van der Waals surface area (Å²) in [4.78, 5) is 11.9. The summed E-state index contributed by atoms with van der Waals surface area (Å²) in [5.41, 5.74) is 0. The third kappa shape index (κ3) is 1.68. The highest BCUT2D eigenvalue weighted by Gasteiger charge is 2.20. The molecule has 0 atom stereocenters. The maximum atomic E-state index is 11.3. The zero-order chi connectivity index (χ0) is 9.97. The van der Waals surface area contributed by atoms with Crippen LogP contribution in [0.3, 0.4) is 0 Å². The van der Waals surface area contributed by atoms with Gasteiger partial charge in [-0.25, -0.2) is 4.79 Å². The van der Waals surface area contributed by atoms with Crippen LogP contribution in [0.5, 0.6) is 10.8 Å². The summed E-state index contributed by atoms with van der Waals surface area (Å²) >= 11 is 1.26. The molecular weight excluding hydrogens is 204 g/mol. The summed E-state index contributed by atoms with van der Waals surface area (Å²) in [5, 5.41) is 0.666. The highest BCUT2D eigenvalue weighted by Crippen LogP contribution is 2.39. The topological polar surface area (TPSA) is 44.8 Å². The number of thiophene rings is 1. The van der Waals surface area contributed by atoms with Gasteiger partial charge in [0.1, 0.15) is 18.1 Å². The first-order valence-electron chi connectivity index (χ1n) is 4.38. The second-order valence-corrected chi connectivity index (χ2v) is 3.69. The van der Waals surface area contributed by atoms with Gasteiger partial charge in [0.15, 0.2) is 5.75 Å². The minimum atomic E-state index is -0.320. The number of esters is 1. The lowest BCUT2D eigenvalue weighted by atomic mass is 10.4. The van der Waals surface area contributed by atoms with E-state index in [1.54, 1.807) is 13.0 Å². The molecular formula is C9H10O4S. The fraction of sp³-hybridized carbons (Fsp3) is 0.444. The van der Waals surface area contributed by atoms with Gasteiger partial charge in [-0.05, 0) is 6.92 Å². The Hall–Kier alpha value is -1.23. The monoisotopic (exact) mass is 214 g/mol. The van der Waals surface area contributed by atoms with Crippen LogP contribution in [0.15, 0.2) is 6.07 Å². The minimum absolute atomic E-state index is 0.320. The molecule has 0 saturated heterocycles. The van der Waals surface area contributed by atoms with E-state index in [1.807, 2.05) is 0 Å². The number of rotatable bonds is 2. The van der Waals surface area contributed by atoms with Crippen LogP contribution in [-0.2, 0) is 4.74 Å². The Balaban J connectivity index is 2.19. The number of carbonyl (C=O) groups excluding carboxylic acids is 1. The SMILES string of the molecule is CCOC(=O)c1cc2c(s1)OCCO2. The Kier molecular flexibility index (Phi) is 2.58. The van der Waals surface area contributed by atoms with Crippen LogP contribution in [0.4, 0.5) is 0 Å². The standard InChI is InChI=1S/C9H10O4S/c1-2-11-8(10)7-5-6-9(14-7)13-4-3-12-6/h5H,2-4H2,1H3. The molecule has 1 aliphatic heterocycles. The molecule has 0 bridgehead atoms. The van der Waals surface area contributed by atoms with Gasteiger partial charge in [-0.15, -0.1) is 0 Å². The predicted molar refractivity (Wildman–Crippen MR) is 51.3 cm³/mol. The molecule has 0 unspecified atom stereocenters. The molecule has 2 heterocycles. The van der Waals surface area contributed by atoms with Crippen LogP contribution in [0, 0.1) is 0 Å². The van der Waals surface area contributed by atoms with E-state index in [9.17, 15) is 4.79 Å². The molecule has 0 N–H and O–H groups in total. The highest BCUT2D eigenvalue weighted by atomic mass is 32.1. The van der Waals surface area contributed by atoms with Crippen molar-refractivity contribution in [2.45, 2.75) is 6.92 Å². The van der Waals surface area contributed by atoms with Gasteiger partial charge in [-0.1, -0.05) is 11.3 Å². The van der Waals surface area contributed by atoms with Crippen molar-refractivity contribution in [2.24, 2.45) is 0 Å². The first-order valence-corrected chi connectivity index (χ1v) is 5.19. The Labute approximate surface area is 85.4 Å². The van der Waals surface area contributed by atoms with Crippen molar-refractivity contribution in [3.63, 3.8) is 0 Å². The van der Waals surface area contributed by atoms with E-state index in [2.05, 4.69) is 0 Å². The fourth-order valence-electron chi connectivity index (χ4n) is 1.15. The van der Waals surface area contributed by atoms with Crippen LogP contribution in [-0.4, -0.2) is 25.8 Å². The molecule has 1 aromatic heterocycles. The molecule has 0 amide bonds.